The van der Waals surface area contributed by atoms with E-state index in [1.54, 1.807) is 29.4 Å². The maximum atomic E-state index is 4.09. The van der Waals surface area contributed by atoms with Crippen molar-refractivity contribution in [1.82, 2.24) is 9.97 Å². The van der Waals surface area contributed by atoms with Crippen LogP contribution < -0.4 is 0 Å². The zero-order chi connectivity index (χ0) is 7.23. The lowest BCUT2D eigenvalue weighted by Crippen LogP contribution is -1.84. The summed E-state index contributed by atoms with van der Waals surface area (Å²) >= 11 is 3.98. The third kappa shape index (κ3) is 2.81. The summed E-state index contributed by atoms with van der Waals surface area (Å²) < 4.78 is 0. The van der Waals surface area contributed by atoms with Gasteiger partial charge in [-0.2, -0.15) is 0 Å². The summed E-state index contributed by atoms with van der Waals surface area (Å²) in [4.78, 5) is 8.01. The van der Waals surface area contributed by atoms with Crippen LogP contribution in [0.1, 0.15) is 5.69 Å². The Morgan fingerprint density at radius 2 is 2.40 bits per heavy atom. The van der Waals surface area contributed by atoms with Gasteiger partial charge in [0.05, 0.1) is 5.69 Å². The van der Waals surface area contributed by atoms with Gasteiger partial charge in [0.15, 0.2) is 0 Å². The summed E-state index contributed by atoms with van der Waals surface area (Å²) in [5.41, 5.74) is 0.994. The van der Waals surface area contributed by atoms with Crippen LogP contribution in [0.25, 0.3) is 0 Å². The van der Waals surface area contributed by atoms with E-state index < -0.39 is 0 Å². The second-order valence-corrected chi connectivity index (χ2v) is 4.70. The molecule has 1 aromatic heterocycles. The second-order valence-electron chi connectivity index (χ2n) is 1.53. The molecule has 0 saturated carbocycles. The van der Waals surface area contributed by atoms with Crippen LogP contribution in [0.2, 0.25) is 0 Å². The van der Waals surface area contributed by atoms with E-state index in [9.17, 15) is 0 Å². The summed E-state index contributed by atoms with van der Waals surface area (Å²) in [6.45, 7) is 0. The number of aromatic nitrogens is 2. The largest absolute Gasteiger partial charge is 0.261 e. The maximum absolute atomic E-state index is 4.09. The Morgan fingerprint density at radius 3 is 3.00 bits per heavy atom. The van der Waals surface area contributed by atoms with Crippen molar-refractivity contribution < 1.29 is 0 Å². The predicted octanol–water partition coefficient (Wildman–Crippen LogP) is 2.20. The van der Waals surface area contributed by atoms with E-state index in [-0.39, 0.29) is 0 Å². The fourth-order valence-electron chi connectivity index (χ4n) is 0.491. The molecule has 0 aliphatic rings. The van der Waals surface area contributed by atoms with Gasteiger partial charge in [0.2, 0.25) is 0 Å². The molecule has 54 valence electrons. The average Bonchev–Trinajstić information content (AvgIpc) is 2.03. The van der Waals surface area contributed by atoms with Gasteiger partial charge in [-0.1, -0.05) is 22.5 Å². The van der Waals surface area contributed by atoms with Crippen molar-refractivity contribution in [2.45, 2.75) is 5.75 Å². The summed E-state index contributed by atoms with van der Waals surface area (Å²) in [6.07, 6.45) is 5.12. The van der Waals surface area contributed by atoms with Gasteiger partial charge in [-0.05, 0) is 9.83 Å². The first kappa shape index (κ1) is 8.23. The Balaban J connectivity index is 2.43. The van der Waals surface area contributed by atoms with Gasteiger partial charge in [0.25, 0.3) is 0 Å². The fourth-order valence-corrected chi connectivity index (χ4v) is 1.81. The lowest BCUT2D eigenvalue weighted by molar-refractivity contribution is 1.10. The molecule has 1 rings (SSSR count). The molecule has 1 aromatic rings. The molecular weight excluding hydrogens is 184 g/mol. The molecule has 0 fully saturated rings. The molecule has 0 radical (unpaired) electrons. The number of nitrogens with zero attached hydrogens (tertiary/aromatic N) is 2. The molecule has 0 aromatic carbocycles. The van der Waals surface area contributed by atoms with E-state index in [0.717, 1.165) is 11.4 Å². The number of hydrogen-bond donors (Lipinski definition) is 1. The highest BCUT2D eigenvalue weighted by Gasteiger charge is 1.91. The molecule has 0 atom stereocenters. The highest BCUT2D eigenvalue weighted by atomic mass is 33.5. The van der Waals surface area contributed by atoms with Crippen molar-refractivity contribution in [3.05, 3.63) is 24.3 Å². The fraction of sp³-hybridized carbons (Fsp3) is 0.200. The van der Waals surface area contributed by atoms with E-state index in [1.807, 2.05) is 0 Å². The van der Waals surface area contributed by atoms with Crippen molar-refractivity contribution in [3.63, 3.8) is 0 Å². The smallest absolute Gasteiger partial charge is 0.0694 e. The third-order valence-electron chi connectivity index (χ3n) is 0.876. The normalized spacial score (nSPS) is 9.70. The first-order valence-electron chi connectivity index (χ1n) is 2.61. The highest BCUT2D eigenvalue weighted by Crippen LogP contribution is 2.27. The van der Waals surface area contributed by atoms with Crippen LogP contribution in [0.4, 0.5) is 0 Å². The Kier molecular flexibility index (Phi) is 4.01. The molecule has 0 bridgehead atoms. The topological polar surface area (TPSA) is 25.8 Å². The molecule has 0 aliphatic heterocycles. The monoisotopic (exact) mass is 190 g/mol. The molecule has 0 saturated heterocycles. The summed E-state index contributed by atoms with van der Waals surface area (Å²) in [6, 6.07) is 0. The standard InChI is InChI=1S/C5H6N2S3/c8-10-9-4-5-3-6-1-2-7-5/h1-3,8H,4H2. The highest BCUT2D eigenvalue weighted by molar-refractivity contribution is 9.05. The van der Waals surface area contributed by atoms with Crippen LogP contribution in [0.3, 0.4) is 0 Å². The van der Waals surface area contributed by atoms with Crippen molar-refractivity contribution >= 4 is 32.3 Å². The Hall–Kier alpha value is 0.130. The van der Waals surface area contributed by atoms with Crippen molar-refractivity contribution in [1.29, 1.82) is 0 Å². The second kappa shape index (κ2) is 4.87. The molecule has 0 unspecified atom stereocenters. The van der Waals surface area contributed by atoms with Crippen LogP contribution in [-0.2, 0) is 5.75 Å². The van der Waals surface area contributed by atoms with Gasteiger partial charge in [0.1, 0.15) is 0 Å². The van der Waals surface area contributed by atoms with Crippen LogP contribution >= 0.6 is 32.3 Å². The molecule has 1 heterocycles. The van der Waals surface area contributed by atoms with E-state index in [1.165, 1.54) is 9.83 Å². The van der Waals surface area contributed by atoms with Gasteiger partial charge in [-0.15, -0.1) is 0 Å². The number of hydrogen-bond acceptors (Lipinski definition) is 5. The SMILES string of the molecule is SSSCc1cnccn1. The van der Waals surface area contributed by atoms with Gasteiger partial charge in [-0.25, -0.2) is 0 Å². The summed E-state index contributed by atoms with van der Waals surface area (Å²) in [5.74, 6) is 0.863. The van der Waals surface area contributed by atoms with Gasteiger partial charge in [0, 0.05) is 24.3 Å². The molecule has 10 heavy (non-hydrogen) atoms. The van der Waals surface area contributed by atoms with E-state index in [0.29, 0.717) is 0 Å². The first-order valence-corrected chi connectivity index (χ1v) is 5.98. The van der Waals surface area contributed by atoms with Crippen LogP contribution in [0.15, 0.2) is 18.6 Å². The van der Waals surface area contributed by atoms with E-state index in [4.69, 9.17) is 0 Å². The summed E-state index contributed by atoms with van der Waals surface area (Å²) in [7, 11) is 3.08. The molecule has 0 amide bonds. The number of rotatable bonds is 3. The van der Waals surface area contributed by atoms with Crippen LogP contribution in [-0.4, -0.2) is 9.97 Å². The van der Waals surface area contributed by atoms with Crippen LogP contribution in [0.5, 0.6) is 0 Å². The lowest BCUT2D eigenvalue weighted by atomic mass is 10.5. The third-order valence-corrected chi connectivity index (χ3v) is 3.01. The summed E-state index contributed by atoms with van der Waals surface area (Å²) in [5, 5.41) is 0. The Labute approximate surface area is 72.4 Å². The molecule has 5 heteroatoms. The molecule has 0 spiro atoms. The zero-order valence-electron chi connectivity index (χ0n) is 5.10. The first-order chi connectivity index (χ1) is 4.93. The average molecular weight is 190 g/mol. The molecular formula is C5H6N2S3. The van der Waals surface area contributed by atoms with E-state index >= 15 is 0 Å². The lowest BCUT2D eigenvalue weighted by Gasteiger charge is -1.93. The van der Waals surface area contributed by atoms with Crippen molar-refractivity contribution in [2.24, 2.45) is 0 Å². The van der Waals surface area contributed by atoms with Gasteiger partial charge < -0.3 is 0 Å². The van der Waals surface area contributed by atoms with Crippen molar-refractivity contribution in [3.8, 4) is 0 Å². The Morgan fingerprint density at radius 1 is 1.50 bits per heavy atom. The molecule has 0 aliphatic carbocycles. The van der Waals surface area contributed by atoms with Gasteiger partial charge >= 0.3 is 0 Å². The maximum Gasteiger partial charge on any atom is 0.0694 e. The van der Waals surface area contributed by atoms with Crippen molar-refractivity contribution in [2.75, 3.05) is 0 Å². The zero-order valence-corrected chi connectivity index (χ0v) is 7.62. The number of thiol groups is 1. The minimum absolute atomic E-state index is 0.863. The minimum Gasteiger partial charge on any atom is -0.261 e. The van der Waals surface area contributed by atoms with E-state index in [2.05, 4.69) is 21.6 Å². The minimum atomic E-state index is 0.863. The molecule has 2 nitrogen and oxygen atoms in total. The quantitative estimate of drug-likeness (QED) is 0.583. The Bertz CT molecular complexity index is 180. The molecule has 0 N–H and O–H groups in total. The van der Waals surface area contributed by atoms with Gasteiger partial charge in [-0.3, -0.25) is 9.97 Å². The predicted molar refractivity (Wildman–Crippen MR) is 49.9 cm³/mol. The van der Waals surface area contributed by atoms with Crippen LogP contribution in [0, 0.1) is 0 Å².